The topological polar surface area (TPSA) is 69.0 Å². The summed E-state index contributed by atoms with van der Waals surface area (Å²) in [5, 5.41) is 7.89. The number of rotatable bonds is 4. The van der Waals surface area contributed by atoms with Crippen molar-refractivity contribution in [2.75, 3.05) is 12.4 Å². The third kappa shape index (κ3) is 2.43. The van der Waals surface area contributed by atoms with Crippen LogP contribution < -0.4 is 10.1 Å². The average molecular weight is 316 g/mol. The highest BCUT2D eigenvalue weighted by molar-refractivity contribution is 7.19. The number of carbonyl (C=O) groups excluding carboxylic acids is 1. The van der Waals surface area contributed by atoms with Gasteiger partial charge in [0.2, 0.25) is 0 Å². The van der Waals surface area contributed by atoms with Gasteiger partial charge in [0.05, 0.1) is 28.6 Å². The Morgan fingerprint density at radius 3 is 2.86 bits per heavy atom. The van der Waals surface area contributed by atoms with E-state index in [1.54, 1.807) is 43.2 Å². The first-order valence-electron chi connectivity index (χ1n) is 6.89. The van der Waals surface area contributed by atoms with Crippen LogP contribution in [0.15, 0.2) is 24.4 Å². The normalized spacial score (nSPS) is 10.9. The first-order chi connectivity index (χ1) is 10.6. The van der Waals surface area contributed by atoms with E-state index in [0.29, 0.717) is 17.1 Å². The molecule has 0 fully saturated rings. The van der Waals surface area contributed by atoms with Crippen LogP contribution in [-0.2, 0) is 13.5 Å². The van der Waals surface area contributed by atoms with E-state index in [9.17, 15) is 4.79 Å². The number of nitrogens with zero attached hydrogens (tertiary/aromatic N) is 3. The number of fused-ring (bicyclic) bond motifs is 1. The van der Waals surface area contributed by atoms with E-state index < -0.39 is 0 Å². The lowest BCUT2D eigenvalue weighted by atomic mass is 10.2. The summed E-state index contributed by atoms with van der Waals surface area (Å²) < 4.78 is 7.80. The number of benzene rings is 1. The van der Waals surface area contributed by atoms with Gasteiger partial charge in [0.25, 0.3) is 5.91 Å². The molecule has 1 N–H and O–H groups in total. The van der Waals surface area contributed by atoms with E-state index >= 15 is 0 Å². The van der Waals surface area contributed by atoms with Gasteiger partial charge in [0, 0.05) is 13.1 Å². The van der Waals surface area contributed by atoms with Gasteiger partial charge in [0.1, 0.15) is 17.1 Å². The number of aryl methyl sites for hydroxylation is 2. The second kappa shape index (κ2) is 5.76. The van der Waals surface area contributed by atoms with Crippen molar-refractivity contribution >= 4 is 33.3 Å². The van der Waals surface area contributed by atoms with Crippen molar-refractivity contribution in [2.45, 2.75) is 13.3 Å². The first-order valence-corrected chi connectivity index (χ1v) is 7.71. The molecule has 0 atom stereocenters. The summed E-state index contributed by atoms with van der Waals surface area (Å²) in [7, 11) is 3.39. The fourth-order valence-corrected chi connectivity index (χ4v) is 3.23. The standard InChI is InChI=1S/C15H16N4O2S/c1-4-12-18-13-10(21-3)6-5-9(14(13)22-12)15(20)17-11-7-8-16-19(11)2/h5-8H,4H2,1-3H3,(H,17,20). The van der Waals surface area contributed by atoms with Crippen LogP contribution in [0, 0.1) is 0 Å². The highest BCUT2D eigenvalue weighted by atomic mass is 32.1. The Morgan fingerprint density at radius 2 is 2.23 bits per heavy atom. The molecule has 0 saturated heterocycles. The van der Waals surface area contributed by atoms with Gasteiger partial charge in [-0.05, 0) is 18.6 Å². The number of ether oxygens (including phenoxy) is 1. The number of nitrogens with one attached hydrogen (secondary N) is 1. The third-order valence-corrected chi connectivity index (χ3v) is 4.61. The highest BCUT2D eigenvalue weighted by Gasteiger charge is 2.18. The first kappa shape index (κ1) is 14.5. The zero-order chi connectivity index (χ0) is 15.7. The lowest BCUT2D eigenvalue weighted by molar-refractivity contribution is 0.102. The molecule has 0 aliphatic carbocycles. The zero-order valence-electron chi connectivity index (χ0n) is 12.6. The molecule has 6 nitrogen and oxygen atoms in total. The molecule has 0 radical (unpaired) electrons. The number of anilines is 1. The molecule has 0 spiro atoms. The van der Waals surface area contributed by atoms with Crippen molar-refractivity contribution in [1.29, 1.82) is 0 Å². The van der Waals surface area contributed by atoms with Crippen LogP contribution in [0.25, 0.3) is 10.2 Å². The molecule has 3 aromatic rings. The number of aromatic nitrogens is 3. The van der Waals surface area contributed by atoms with Gasteiger partial charge >= 0.3 is 0 Å². The molecule has 114 valence electrons. The summed E-state index contributed by atoms with van der Waals surface area (Å²) in [5.41, 5.74) is 1.33. The largest absolute Gasteiger partial charge is 0.494 e. The smallest absolute Gasteiger partial charge is 0.258 e. The fraction of sp³-hybridized carbons (Fsp3) is 0.267. The maximum atomic E-state index is 12.6. The Labute approximate surface area is 131 Å². The summed E-state index contributed by atoms with van der Waals surface area (Å²) in [5.74, 6) is 1.15. The second-order valence-electron chi connectivity index (χ2n) is 4.75. The maximum Gasteiger partial charge on any atom is 0.258 e. The zero-order valence-corrected chi connectivity index (χ0v) is 13.4. The van der Waals surface area contributed by atoms with Gasteiger partial charge in [-0.25, -0.2) is 4.98 Å². The van der Waals surface area contributed by atoms with E-state index in [1.165, 1.54) is 11.3 Å². The summed E-state index contributed by atoms with van der Waals surface area (Å²) in [6.45, 7) is 2.04. The van der Waals surface area contributed by atoms with Crippen LogP contribution in [0.4, 0.5) is 5.82 Å². The summed E-state index contributed by atoms with van der Waals surface area (Å²) in [6, 6.07) is 5.30. The van der Waals surface area contributed by atoms with E-state index in [-0.39, 0.29) is 5.91 Å². The maximum absolute atomic E-state index is 12.6. The SMILES string of the molecule is CCc1nc2c(OC)ccc(C(=O)Nc3ccnn3C)c2s1. The van der Waals surface area contributed by atoms with Gasteiger partial charge in [-0.3, -0.25) is 9.48 Å². The van der Waals surface area contributed by atoms with Gasteiger partial charge < -0.3 is 10.1 Å². The average Bonchev–Trinajstić information content (AvgIpc) is 3.12. The Hall–Kier alpha value is -2.41. The van der Waals surface area contributed by atoms with Crippen LogP contribution in [0.1, 0.15) is 22.3 Å². The predicted octanol–water partition coefficient (Wildman–Crippen LogP) is 2.85. The monoisotopic (exact) mass is 316 g/mol. The molecule has 0 saturated carbocycles. The molecule has 1 aromatic carbocycles. The lowest BCUT2D eigenvalue weighted by Gasteiger charge is -2.07. The second-order valence-corrected chi connectivity index (χ2v) is 5.83. The van der Waals surface area contributed by atoms with Gasteiger partial charge in [-0.15, -0.1) is 11.3 Å². The van der Waals surface area contributed by atoms with Crippen LogP contribution in [0.3, 0.4) is 0 Å². The molecule has 3 rings (SSSR count). The number of methoxy groups -OCH3 is 1. The Morgan fingerprint density at radius 1 is 1.41 bits per heavy atom. The minimum atomic E-state index is -0.178. The minimum absolute atomic E-state index is 0.178. The molecule has 0 aliphatic heterocycles. The number of carbonyl (C=O) groups is 1. The van der Waals surface area contributed by atoms with Gasteiger partial charge in [-0.1, -0.05) is 6.92 Å². The van der Waals surface area contributed by atoms with Crippen molar-refractivity contribution in [1.82, 2.24) is 14.8 Å². The molecule has 0 aliphatic rings. The number of hydrogen-bond acceptors (Lipinski definition) is 5. The van der Waals surface area contributed by atoms with Crippen molar-refractivity contribution in [3.8, 4) is 5.75 Å². The van der Waals surface area contributed by atoms with Gasteiger partial charge in [-0.2, -0.15) is 5.10 Å². The van der Waals surface area contributed by atoms with E-state index in [1.807, 2.05) is 6.92 Å². The molecule has 0 bridgehead atoms. The van der Waals surface area contributed by atoms with Crippen LogP contribution >= 0.6 is 11.3 Å². The van der Waals surface area contributed by atoms with E-state index in [4.69, 9.17) is 4.74 Å². The summed E-state index contributed by atoms with van der Waals surface area (Å²) in [6.07, 6.45) is 2.46. The van der Waals surface area contributed by atoms with Crippen LogP contribution in [0.5, 0.6) is 5.75 Å². The molecule has 2 heterocycles. The Bertz CT molecular complexity index is 837. The molecule has 0 unspecified atom stereocenters. The highest BCUT2D eigenvalue weighted by Crippen LogP contribution is 2.33. The predicted molar refractivity (Wildman–Crippen MR) is 86.7 cm³/mol. The number of hydrogen-bond donors (Lipinski definition) is 1. The number of thiazole rings is 1. The minimum Gasteiger partial charge on any atom is -0.494 e. The Balaban J connectivity index is 2.05. The van der Waals surface area contributed by atoms with E-state index in [0.717, 1.165) is 21.6 Å². The van der Waals surface area contributed by atoms with Crippen molar-refractivity contribution < 1.29 is 9.53 Å². The van der Waals surface area contributed by atoms with Crippen LogP contribution in [-0.4, -0.2) is 27.8 Å². The summed E-state index contributed by atoms with van der Waals surface area (Å²) in [4.78, 5) is 17.1. The molecular weight excluding hydrogens is 300 g/mol. The molecule has 22 heavy (non-hydrogen) atoms. The van der Waals surface area contributed by atoms with Crippen LogP contribution in [0.2, 0.25) is 0 Å². The molecule has 1 amide bonds. The lowest BCUT2D eigenvalue weighted by Crippen LogP contribution is -2.14. The third-order valence-electron chi connectivity index (χ3n) is 3.38. The van der Waals surface area contributed by atoms with Crippen molar-refractivity contribution in [2.24, 2.45) is 7.05 Å². The van der Waals surface area contributed by atoms with E-state index in [2.05, 4.69) is 15.4 Å². The Kier molecular flexibility index (Phi) is 3.81. The number of amides is 1. The summed E-state index contributed by atoms with van der Waals surface area (Å²) >= 11 is 1.52. The molecule has 7 heteroatoms. The van der Waals surface area contributed by atoms with Crippen molar-refractivity contribution in [3.05, 3.63) is 35.0 Å². The quantitative estimate of drug-likeness (QED) is 0.803. The fourth-order valence-electron chi connectivity index (χ4n) is 2.20. The van der Waals surface area contributed by atoms with Gasteiger partial charge in [0.15, 0.2) is 0 Å². The molecule has 2 aromatic heterocycles. The molecular formula is C15H16N4O2S. The van der Waals surface area contributed by atoms with Crippen molar-refractivity contribution in [3.63, 3.8) is 0 Å².